The second kappa shape index (κ2) is 6.17. The summed E-state index contributed by atoms with van der Waals surface area (Å²) in [6.45, 7) is 3.99. The molecule has 1 N–H and O–H groups in total. The third kappa shape index (κ3) is 3.67. The summed E-state index contributed by atoms with van der Waals surface area (Å²) in [7, 11) is 1.76. The van der Waals surface area contributed by atoms with E-state index in [1.807, 2.05) is 0 Å². The largest absolute Gasteiger partial charge is 0.380 e. The second-order valence-electron chi connectivity index (χ2n) is 5.73. The van der Waals surface area contributed by atoms with Gasteiger partial charge in [0.1, 0.15) is 0 Å². The Morgan fingerprint density at radius 1 is 1.29 bits per heavy atom. The fourth-order valence-corrected chi connectivity index (χ4v) is 3.13. The molecule has 2 fully saturated rings. The first kappa shape index (κ1) is 13.3. The second-order valence-corrected chi connectivity index (χ2v) is 5.73. The highest BCUT2D eigenvalue weighted by atomic mass is 16.5. The molecule has 1 aliphatic heterocycles. The van der Waals surface area contributed by atoms with Crippen molar-refractivity contribution in [3.05, 3.63) is 0 Å². The van der Waals surface area contributed by atoms with E-state index in [2.05, 4.69) is 12.2 Å². The minimum atomic E-state index is 0.261. The van der Waals surface area contributed by atoms with E-state index in [1.165, 1.54) is 44.9 Å². The van der Waals surface area contributed by atoms with E-state index < -0.39 is 0 Å². The summed E-state index contributed by atoms with van der Waals surface area (Å²) in [6, 6.07) is 0. The molecule has 0 bridgehead atoms. The molecule has 1 saturated carbocycles. The van der Waals surface area contributed by atoms with E-state index in [4.69, 9.17) is 9.47 Å². The first-order valence-electron chi connectivity index (χ1n) is 7.15. The Morgan fingerprint density at radius 3 is 2.76 bits per heavy atom. The minimum Gasteiger partial charge on any atom is -0.380 e. The molecular weight excluding hydrogens is 214 g/mol. The zero-order chi connectivity index (χ0) is 12.1. The number of hydrogen-bond acceptors (Lipinski definition) is 3. The van der Waals surface area contributed by atoms with Crippen molar-refractivity contribution >= 4 is 0 Å². The van der Waals surface area contributed by atoms with E-state index in [0.29, 0.717) is 12.2 Å². The highest BCUT2D eigenvalue weighted by molar-refractivity contribution is 4.91. The summed E-state index contributed by atoms with van der Waals surface area (Å²) >= 11 is 0. The maximum atomic E-state index is 6.30. The van der Waals surface area contributed by atoms with Crippen molar-refractivity contribution in [3.63, 3.8) is 0 Å². The van der Waals surface area contributed by atoms with E-state index in [9.17, 15) is 0 Å². The Kier molecular flexibility index (Phi) is 4.83. The molecule has 1 saturated heterocycles. The third-order valence-electron chi connectivity index (χ3n) is 4.31. The van der Waals surface area contributed by atoms with Crippen LogP contribution in [0.5, 0.6) is 0 Å². The van der Waals surface area contributed by atoms with Gasteiger partial charge in [-0.05, 0) is 32.6 Å². The van der Waals surface area contributed by atoms with Gasteiger partial charge < -0.3 is 14.8 Å². The fourth-order valence-electron chi connectivity index (χ4n) is 3.13. The smallest absolute Gasteiger partial charge is 0.0708 e. The molecule has 1 heterocycles. The summed E-state index contributed by atoms with van der Waals surface area (Å²) in [6.07, 6.45) is 9.93. The molecule has 0 amide bonds. The molecule has 2 aliphatic rings. The minimum absolute atomic E-state index is 0.261. The molecule has 2 atom stereocenters. The Hall–Kier alpha value is -0.120. The predicted molar refractivity (Wildman–Crippen MR) is 69.3 cm³/mol. The van der Waals surface area contributed by atoms with Gasteiger partial charge in [-0.1, -0.05) is 19.3 Å². The Bertz CT molecular complexity index is 226. The molecule has 0 radical (unpaired) electrons. The van der Waals surface area contributed by atoms with Crippen LogP contribution >= 0.6 is 0 Å². The van der Waals surface area contributed by atoms with Crippen LogP contribution in [0, 0.1) is 0 Å². The van der Waals surface area contributed by atoms with Gasteiger partial charge in [0.15, 0.2) is 0 Å². The topological polar surface area (TPSA) is 30.5 Å². The third-order valence-corrected chi connectivity index (χ3v) is 4.31. The Balaban J connectivity index is 1.67. The summed E-state index contributed by atoms with van der Waals surface area (Å²) in [5, 5.41) is 3.45. The van der Waals surface area contributed by atoms with Crippen LogP contribution in [0.1, 0.15) is 51.9 Å². The fraction of sp³-hybridized carbons (Fsp3) is 1.00. The lowest BCUT2D eigenvalue weighted by molar-refractivity contribution is -0.0628. The van der Waals surface area contributed by atoms with Crippen LogP contribution in [0.4, 0.5) is 0 Å². The summed E-state index contributed by atoms with van der Waals surface area (Å²) in [5.74, 6) is 0. The maximum Gasteiger partial charge on any atom is 0.0708 e. The molecule has 3 nitrogen and oxygen atoms in total. The first-order valence-corrected chi connectivity index (χ1v) is 7.15. The van der Waals surface area contributed by atoms with Crippen molar-refractivity contribution in [2.75, 3.05) is 20.2 Å². The quantitative estimate of drug-likeness (QED) is 0.802. The highest BCUT2D eigenvalue weighted by Crippen LogP contribution is 2.41. The van der Waals surface area contributed by atoms with Crippen molar-refractivity contribution in [3.8, 4) is 0 Å². The molecular formula is C14H27NO2. The maximum absolute atomic E-state index is 6.30. The van der Waals surface area contributed by atoms with Crippen LogP contribution in [0.2, 0.25) is 0 Å². The van der Waals surface area contributed by atoms with Gasteiger partial charge in [-0.15, -0.1) is 0 Å². The molecule has 0 aromatic heterocycles. The van der Waals surface area contributed by atoms with Crippen molar-refractivity contribution in [2.45, 2.75) is 69.7 Å². The average molecular weight is 241 g/mol. The zero-order valence-electron chi connectivity index (χ0n) is 11.3. The molecule has 0 aromatic carbocycles. The Morgan fingerprint density at radius 2 is 2.06 bits per heavy atom. The summed E-state index contributed by atoms with van der Waals surface area (Å²) in [4.78, 5) is 0. The van der Waals surface area contributed by atoms with Gasteiger partial charge in [-0.25, -0.2) is 0 Å². The predicted octanol–water partition coefficient (Wildman–Crippen LogP) is 2.49. The standard InChI is InChI=1S/C14H27NO2/c1-12(16-2)10-15-11-13-6-9-14(17-13)7-4-3-5-8-14/h12-13,15H,3-11H2,1-2H3. The van der Waals surface area contributed by atoms with E-state index in [0.717, 1.165) is 13.1 Å². The number of rotatable bonds is 5. The van der Waals surface area contributed by atoms with Crippen molar-refractivity contribution in [1.82, 2.24) is 5.32 Å². The van der Waals surface area contributed by atoms with E-state index >= 15 is 0 Å². The normalized spacial score (nSPS) is 29.6. The van der Waals surface area contributed by atoms with Gasteiger partial charge in [0.05, 0.1) is 17.8 Å². The molecule has 1 spiro atoms. The van der Waals surface area contributed by atoms with Gasteiger partial charge in [-0.3, -0.25) is 0 Å². The number of methoxy groups -OCH3 is 1. The van der Waals surface area contributed by atoms with Crippen LogP contribution < -0.4 is 5.32 Å². The Labute approximate surface area is 105 Å². The van der Waals surface area contributed by atoms with E-state index in [-0.39, 0.29) is 5.60 Å². The molecule has 2 rings (SSSR count). The van der Waals surface area contributed by atoms with Crippen molar-refractivity contribution in [1.29, 1.82) is 0 Å². The lowest BCUT2D eigenvalue weighted by Gasteiger charge is -2.33. The van der Waals surface area contributed by atoms with Crippen LogP contribution in [-0.4, -0.2) is 38.0 Å². The molecule has 100 valence electrons. The van der Waals surface area contributed by atoms with Gasteiger partial charge in [-0.2, -0.15) is 0 Å². The van der Waals surface area contributed by atoms with Gasteiger partial charge in [0.25, 0.3) is 0 Å². The highest BCUT2D eigenvalue weighted by Gasteiger charge is 2.40. The lowest BCUT2D eigenvalue weighted by atomic mass is 9.83. The molecule has 1 aliphatic carbocycles. The van der Waals surface area contributed by atoms with Crippen LogP contribution in [0.15, 0.2) is 0 Å². The number of nitrogens with one attached hydrogen (secondary N) is 1. The molecule has 0 aromatic rings. The summed E-state index contributed by atoms with van der Waals surface area (Å²) in [5.41, 5.74) is 0.261. The molecule has 2 unspecified atom stereocenters. The van der Waals surface area contributed by atoms with Gasteiger partial charge >= 0.3 is 0 Å². The van der Waals surface area contributed by atoms with Crippen molar-refractivity contribution < 1.29 is 9.47 Å². The number of ether oxygens (including phenoxy) is 2. The van der Waals surface area contributed by atoms with Crippen LogP contribution in [-0.2, 0) is 9.47 Å². The van der Waals surface area contributed by atoms with Crippen molar-refractivity contribution in [2.24, 2.45) is 0 Å². The van der Waals surface area contributed by atoms with E-state index in [1.54, 1.807) is 7.11 Å². The lowest BCUT2D eigenvalue weighted by Crippen LogP contribution is -2.36. The monoisotopic (exact) mass is 241 g/mol. The first-order chi connectivity index (χ1) is 8.24. The molecule has 3 heteroatoms. The molecule has 17 heavy (non-hydrogen) atoms. The zero-order valence-corrected chi connectivity index (χ0v) is 11.3. The van der Waals surface area contributed by atoms with Gasteiger partial charge in [0, 0.05) is 20.2 Å². The van der Waals surface area contributed by atoms with Gasteiger partial charge in [0.2, 0.25) is 0 Å². The average Bonchev–Trinajstić information content (AvgIpc) is 2.73. The van der Waals surface area contributed by atoms with Crippen LogP contribution in [0.3, 0.4) is 0 Å². The number of hydrogen-bond donors (Lipinski definition) is 1. The SMILES string of the molecule is COC(C)CNCC1CCC2(CCCCC2)O1. The summed E-state index contributed by atoms with van der Waals surface area (Å²) < 4.78 is 11.5. The van der Waals surface area contributed by atoms with Crippen LogP contribution in [0.25, 0.3) is 0 Å².